The average Bonchev–Trinajstić information content (AvgIpc) is 3.02. The molecule has 0 radical (unpaired) electrons. The number of benzene rings is 2. The van der Waals surface area contributed by atoms with E-state index in [0.29, 0.717) is 28.4 Å². The number of carboxylic acid groups (broad SMARTS) is 1. The largest absolute Gasteiger partial charge is 0.497 e. The molecule has 3 rings (SSSR count). The third kappa shape index (κ3) is 2.94. The van der Waals surface area contributed by atoms with E-state index in [1.54, 1.807) is 32.4 Å². The van der Waals surface area contributed by atoms with Gasteiger partial charge in [-0.15, -0.1) is 0 Å². The number of ether oxygens (including phenoxy) is 2. The zero-order valence-corrected chi connectivity index (χ0v) is 13.2. The monoisotopic (exact) mass is 324 g/mol. The van der Waals surface area contributed by atoms with Gasteiger partial charge in [0, 0.05) is 5.56 Å². The quantitative estimate of drug-likeness (QED) is 0.751. The van der Waals surface area contributed by atoms with Gasteiger partial charge in [-0.2, -0.15) is 0 Å². The maximum Gasteiger partial charge on any atom is 0.337 e. The molecule has 0 aliphatic rings. The first kappa shape index (κ1) is 15.6. The van der Waals surface area contributed by atoms with Crippen LogP contribution in [-0.2, 0) is 0 Å². The van der Waals surface area contributed by atoms with Gasteiger partial charge in [0.25, 0.3) is 0 Å². The Labute approximate surface area is 138 Å². The fourth-order valence-electron chi connectivity index (χ4n) is 2.44. The summed E-state index contributed by atoms with van der Waals surface area (Å²) in [7, 11) is 3.20. The number of H-pyrrole nitrogens is 1. The minimum atomic E-state index is -1.00. The topological polar surface area (TPSA) is 84.4 Å². The number of fused-ring (bicyclic) bond motifs is 1. The minimum Gasteiger partial charge on any atom is -0.497 e. The van der Waals surface area contributed by atoms with Crippen molar-refractivity contribution < 1.29 is 19.4 Å². The molecule has 0 amide bonds. The third-order valence-corrected chi connectivity index (χ3v) is 3.62. The summed E-state index contributed by atoms with van der Waals surface area (Å²) in [5, 5.41) is 9.22. The third-order valence-electron chi connectivity index (χ3n) is 3.62. The molecule has 6 heteroatoms. The first-order chi connectivity index (χ1) is 11.6. The molecule has 1 heterocycles. The Morgan fingerprint density at radius 3 is 2.71 bits per heavy atom. The summed E-state index contributed by atoms with van der Waals surface area (Å²) < 4.78 is 10.5. The van der Waals surface area contributed by atoms with Crippen LogP contribution >= 0.6 is 0 Å². The molecule has 0 spiro atoms. The van der Waals surface area contributed by atoms with Gasteiger partial charge in [-0.25, -0.2) is 9.78 Å². The fourth-order valence-corrected chi connectivity index (χ4v) is 2.44. The van der Waals surface area contributed by atoms with Crippen molar-refractivity contribution in [2.45, 2.75) is 0 Å². The Morgan fingerprint density at radius 2 is 2.00 bits per heavy atom. The van der Waals surface area contributed by atoms with Crippen LogP contribution in [-0.4, -0.2) is 35.3 Å². The van der Waals surface area contributed by atoms with Crippen molar-refractivity contribution in [2.24, 2.45) is 0 Å². The average molecular weight is 324 g/mol. The van der Waals surface area contributed by atoms with Crippen LogP contribution in [0.25, 0.3) is 23.2 Å². The Kier molecular flexibility index (Phi) is 4.20. The summed E-state index contributed by atoms with van der Waals surface area (Å²) in [4.78, 5) is 18.7. The van der Waals surface area contributed by atoms with Gasteiger partial charge in [0.15, 0.2) is 0 Å². The van der Waals surface area contributed by atoms with Crippen LogP contribution in [0.1, 0.15) is 21.7 Å². The number of aromatic amines is 1. The predicted molar refractivity (Wildman–Crippen MR) is 91.5 cm³/mol. The van der Waals surface area contributed by atoms with Gasteiger partial charge in [0.2, 0.25) is 0 Å². The van der Waals surface area contributed by atoms with Gasteiger partial charge in [-0.05, 0) is 42.5 Å². The fraction of sp³-hybridized carbons (Fsp3) is 0.111. The summed E-state index contributed by atoms with van der Waals surface area (Å²) in [6.07, 6.45) is 3.60. The van der Waals surface area contributed by atoms with Gasteiger partial charge in [0.05, 0.1) is 25.3 Å². The summed E-state index contributed by atoms with van der Waals surface area (Å²) >= 11 is 0. The van der Waals surface area contributed by atoms with E-state index in [1.807, 2.05) is 24.3 Å². The highest BCUT2D eigenvalue weighted by Gasteiger charge is 2.11. The van der Waals surface area contributed by atoms with E-state index >= 15 is 0 Å². The van der Waals surface area contributed by atoms with Crippen LogP contribution in [0.2, 0.25) is 0 Å². The molecule has 0 fully saturated rings. The van der Waals surface area contributed by atoms with Crippen LogP contribution in [0.15, 0.2) is 36.4 Å². The van der Waals surface area contributed by atoms with E-state index in [4.69, 9.17) is 9.47 Å². The van der Waals surface area contributed by atoms with Crippen molar-refractivity contribution in [1.29, 1.82) is 0 Å². The summed E-state index contributed by atoms with van der Waals surface area (Å²) in [6, 6.07) is 10.5. The molecule has 0 aliphatic heterocycles. The number of hydrogen-bond donors (Lipinski definition) is 2. The van der Waals surface area contributed by atoms with Crippen LogP contribution in [0, 0.1) is 0 Å². The van der Waals surface area contributed by atoms with Crippen molar-refractivity contribution in [3.05, 3.63) is 53.3 Å². The molecule has 122 valence electrons. The maximum absolute atomic E-state index is 11.3. The number of imidazole rings is 1. The lowest BCUT2D eigenvalue weighted by molar-refractivity contribution is 0.0699. The van der Waals surface area contributed by atoms with Crippen molar-refractivity contribution in [3.63, 3.8) is 0 Å². The van der Waals surface area contributed by atoms with E-state index in [2.05, 4.69) is 9.97 Å². The Bertz CT molecular complexity index is 928. The Hall–Kier alpha value is -3.28. The number of aromatic carboxylic acids is 1. The molecule has 6 nitrogen and oxygen atoms in total. The summed E-state index contributed by atoms with van der Waals surface area (Å²) in [5.74, 6) is 0.975. The molecule has 0 saturated carbocycles. The standard InChI is InChI=1S/C18H16N2O4/c1-23-12-7-8-15(24-2)11(10-12)6-9-16-19-14-5-3-4-13(18(21)22)17(14)20-16/h3-10H,1-2H3,(H,19,20)(H,21,22)/b9-6+. The molecule has 0 atom stereocenters. The molecule has 2 N–H and O–H groups in total. The summed E-state index contributed by atoms with van der Waals surface area (Å²) in [5.41, 5.74) is 2.10. The highest BCUT2D eigenvalue weighted by Crippen LogP contribution is 2.26. The molecule has 1 aromatic heterocycles. The molecule has 3 aromatic rings. The van der Waals surface area contributed by atoms with E-state index in [9.17, 15) is 9.90 Å². The molecular weight excluding hydrogens is 308 g/mol. The van der Waals surface area contributed by atoms with Crippen LogP contribution in [0.5, 0.6) is 11.5 Å². The van der Waals surface area contributed by atoms with E-state index in [0.717, 1.165) is 5.56 Å². The lowest BCUT2D eigenvalue weighted by Crippen LogP contribution is -1.96. The Balaban J connectivity index is 1.99. The molecule has 0 saturated heterocycles. The van der Waals surface area contributed by atoms with Crippen molar-refractivity contribution in [1.82, 2.24) is 9.97 Å². The number of hydrogen-bond acceptors (Lipinski definition) is 4. The zero-order chi connectivity index (χ0) is 17.1. The first-order valence-electron chi connectivity index (χ1n) is 7.24. The number of carboxylic acids is 1. The molecule has 24 heavy (non-hydrogen) atoms. The number of rotatable bonds is 5. The van der Waals surface area contributed by atoms with Gasteiger partial charge in [-0.3, -0.25) is 0 Å². The predicted octanol–water partition coefficient (Wildman–Crippen LogP) is 3.45. The van der Waals surface area contributed by atoms with Gasteiger partial charge in [-0.1, -0.05) is 6.07 Å². The normalized spacial score (nSPS) is 11.1. The summed E-state index contributed by atoms with van der Waals surface area (Å²) in [6.45, 7) is 0. The van der Waals surface area contributed by atoms with Crippen molar-refractivity contribution in [2.75, 3.05) is 14.2 Å². The molecular formula is C18H16N2O4. The molecule has 0 unspecified atom stereocenters. The zero-order valence-electron chi connectivity index (χ0n) is 13.2. The van der Waals surface area contributed by atoms with E-state index in [-0.39, 0.29) is 5.56 Å². The second-order valence-corrected chi connectivity index (χ2v) is 5.07. The highest BCUT2D eigenvalue weighted by atomic mass is 16.5. The lowest BCUT2D eigenvalue weighted by Gasteiger charge is -2.06. The number of methoxy groups -OCH3 is 2. The van der Waals surface area contributed by atoms with Crippen LogP contribution in [0.4, 0.5) is 0 Å². The molecule has 2 aromatic carbocycles. The number of para-hydroxylation sites is 1. The Morgan fingerprint density at radius 1 is 1.17 bits per heavy atom. The molecule has 0 bridgehead atoms. The van der Waals surface area contributed by atoms with Gasteiger partial charge >= 0.3 is 5.97 Å². The maximum atomic E-state index is 11.3. The van der Waals surface area contributed by atoms with Gasteiger partial charge in [0.1, 0.15) is 22.8 Å². The second-order valence-electron chi connectivity index (χ2n) is 5.07. The lowest BCUT2D eigenvalue weighted by atomic mass is 10.1. The first-order valence-corrected chi connectivity index (χ1v) is 7.24. The van der Waals surface area contributed by atoms with Crippen LogP contribution in [0.3, 0.4) is 0 Å². The van der Waals surface area contributed by atoms with E-state index in [1.165, 1.54) is 6.07 Å². The van der Waals surface area contributed by atoms with Crippen LogP contribution < -0.4 is 9.47 Å². The highest BCUT2D eigenvalue weighted by molar-refractivity contribution is 6.01. The van der Waals surface area contributed by atoms with E-state index < -0.39 is 5.97 Å². The smallest absolute Gasteiger partial charge is 0.337 e. The second kappa shape index (κ2) is 6.45. The number of nitrogens with zero attached hydrogens (tertiary/aromatic N) is 1. The van der Waals surface area contributed by atoms with Crippen molar-refractivity contribution in [3.8, 4) is 11.5 Å². The SMILES string of the molecule is COc1ccc(OC)c(/C=C/c2nc3c(C(=O)O)cccc3[nH]2)c1. The minimum absolute atomic E-state index is 0.169. The van der Waals surface area contributed by atoms with Gasteiger partial charge < -0.3 is 19.6 Å². The number of aromatic nitrogens is 2. The number of nitrogens with one attached hydrogen (secondary N) is 1. The van der Waals surface area contributed by atoms with Crippen molar-refractivity contribution >= 4 is 29.2 Å². The molecule has 0 aliphatic carbocycles. The number of carbonyl (C=O) groups is 1.